The van der Waals surface area contributed by atoms with Gasteiger partial charge in [0.25, 0.3) is 5.88 Å². The predicted molar refractivity (Wildman–Crippen MR) is 56.4 cm³/mol. The summed E-state index contributed by atoms with van der Waals surface area (Å²) in [6.45, 7) is 1.22. The summed E-state index contributed by atoms with van der Waals surface area (Å²) in [6, 6.07) is 0.271. The number of aromatic nitrogens is 1. The van der Waals surface area contributed by atoms with Crippen LogP contribution in [0.2, 0.25) is 0 Å². The number of carbonyl (C=O) groups is 1. The van der Waals surface area contributed by atoms with Crippen LogP contribution < -0.4 is 10.2 Å². The fourth-order valence-electron chi connectivity index (χ4n) is 1.24. The third-order valence-electron chi connectivity index (χ3n) is 1.87. The number of hydrogen-bond acceptors (Lipinski definition) is 6. The van der Waals surface area contributed by atoms with Gasteiger partial charge in [0.15, 0.2) is 0 Å². The van der Waals surface area contributed by atoms with Crippen molar-refractivity contribution in [2.24, 2.45) is 0 Å². The molecular weight excluding hydrogens is 289 g/mol. The van der Waals surface area contributed by atoms with Gasteiger partial charge in [-0.3, -0.25) is 4.79 Å². The summed E-state index contributed by atoms with van der Waals surface area (Å²) in [4.78, 5) is 33.9. The molecule has 0 radical (unpaired) electrons. The first-order chi connectivity index (χ1) is 9.15. The fraction of sp³-hybridized carbons (Fsp3) is 0.333. The second-order valence-corrected chi connectivity index (χ2v) is 3.25. The monoisotopic (exact) mass is 296 g/mol. The normalized spacial score (nSPS) is 11.0. The van der Waals surface area contributed by atoms with Crippen LogP contribution in [0.4, 0.5) is 19.0 Å². The van der Waals surface area contributed by atoms with E-state index in [1.54, 1.807) is 4.98 Å². The number of rotatable bonds is 4. The lowest BCUT2D eigenvalue weighted by Gasteiger charge is -2.08. The molecular formula is C9H7F3N2O6. The average molecular weight is 296 g/mol. The van der Waals surface area contributed by atoms with Gasteiger partial charge in [0.2, 0.25) is 11.0 Å². The van der Waals surface area contributed by atoms with Gasteiger partial charge in [-0.2, -0.15) is 0 Å². The third kappa shape index (κ3) is 3.70. The third-order valence-corrected chi connectivity index (χ3v) is 1.87. The standard InChI is InChI=1S/C9H7F3N2O6/c1-2-19-8(16)6-4(15)3-5(20-9(10,11)12)13-7(6)14(17)18/h3H,2H2,1H3,(H,13,15). The topological polar surface area (TPSA) is 112 Å². The fourth-order valence-corrected chi connectivity index (χ4v) is 1.24. The maximum atomic E-state index is 12.0. The largest absolute Gasteiger partial charge is 0.575 e. The molecule has 0 aromatic carbocycles. The number of carbonyl (C=O) groups excluding carboxylic acids is 1. The number of aromatic amines is 1. The summed E-state index contributed by atoms with van der Waals surface area (Å²) in [5.41, 5.74) is -2.33. The molecule has 1 heterocycles. The van der Waals surface area contributed by atoms with Crippen LogP contribution in [0.15, 0.2) is 10.9 Å². The van der Waals surface area contributed by atoms with Crippen molar-refractivity contribution >= 4 is 11.8 Å². The lowest BCUT2D eigenvalue weighted by atomic mass is 10.2. The zero-order valence-electron chi connectivity index (χ0n) is 9.82. The van der Waals surface area contributed by atoms with Crippen LogP contribution in [0.1, 0.15) is 17.3 Å². The number of nitrogens with one attached hydrogen (secondary N) is 1. The Hall–Kier alpha value is -2.59. The predicted octanol–water partition coefficient (Wildman–Crippen LogP) is 1.36. The number of esters is 1. The number of halogens is 3. The molecule has 1 rings (SSSR count). The van der Waals surface area contributed by atoms with Gasteiger partial charge in [-0.05, 0) is 11.8 Å². The number of H-pyrrole nitrogens is 1. The molecule has 0 aliphatic rings. The van der Waals surface area contributed by atoms with E-state index in [1.165, 1.54) is 6.92 Å². The van der Waals surface area contributed by atoms with Crippen molar-refractivity contribution in [1.29, 1.82) is 0 Å². The highest BCUT2D eigenvalue weighted by Gasteiger charge is 2.35. The van der Waals surface area contributed by atoms with Gasteiger partial charge in [0.05, 0.1) is 12.7 Å². The molecule has 8 nitrogen and oxygen atoms in total. The van der Waals surface area contributed by atoms with E-state index in [0.29, 0.717) is 0 Å². The lowest BCUT2D eigenvalue weighted by molar-refractivity contribution is -0.390. The minimum atomic E-state index is -5.15. The number of ether oxygens (including phenoxy) is 2. The van der Waals surface area contributed by atoms with E-state index in [1.807, 2.05) is 0 Å². The molecule has 1 aromatic rings. The summed E-state index contributed by atoms with van der Waals surface area (Å²) in [5, 5.41) is 10.7. The summed E-state index contributed by atoms with van der Waals surface area (Å²) in [5.74, 6) is -3.77. The molecule has 11 heteroatoms. The van der Waals surface area contributed by atoms with E-state index in [2.05, 4.69) is 9.47 Å². The summed E-state index contributed by atoms with van der Waals surface area (Å²) in [7, 11) is 0. The van der Waals surface area contributed by atoms with Crippen LogP contribution in [-0.4, -0.2) is 28.8 Å². The van der Waals surface area contributed by atoms with E-state index in [9.17, 15) is 32.9 Å². The molecule has 0 fully saturated rings. The second kappa shape index (κ2) is 5.59. The van der Waals surface area contributed by atoms with Gasteiger partial charge in [0, 0.05) is 0 Å². The molecule has 0 aliphatic heterocycles. The molecule has 0 saturated carbocycles. The average Bonchev–Trinajstić information content (AvgIpc) is 2.25. The van der Waals surface area contributed by atoms with Gasteiger partial charge in [-0.15, -0.1) is 13.2 Å². The zero-order chi connectivity index (χ0) is 15.5. The quantitative estimate of drug-likeness (QED) is 0.510. The number of alkyl halides is 3. The first kappa shape index (κ1) is 15.5. The molecule has 0 saturated heterocycles. The molecule has 0 bridgehead atoms. The van der Waals surface area contributed by atoms with E-state index in [-0.39, 0.29) is 12.7 Å². The second-order valence-electron chi connectivity index (χ2n) is 3.25. The van der Waals surface area contributed by atoms with Crippen LogP contribution in [0, 0.1) is 10.1 Å². The number of hydrogen-bond donors (Lipinski definition) is 1. The van der Waals surface area contributed by atoms with Crippen LogP contribution in [-0.2, 0) is 4.74 Å². The highest BCUT2D eigenvalue weighted by Crippen LogP contribution is 2.23. The van der Waals surface area contributed by atoms with Crippen molar-refractivity contribution in [2.45, 2.75) is 13.3 Å². The Morgan fingerprint density at radius 1 is 1.50 bits per heavy atom. The Morgan fingerprint density at radius 3 is 2.55 bits per heavy atom. The van der Waals surface area contributed by atoms with Gasteiger partial charge in [-0.25, -0.2) is 9.78 Å². The van der Waals surface area contributed by atoms with Crippen molar-refractivity contribution in [3.05, 3.63) is 32.0 Å². The van der Waals surface area contributed by atoms with E-state index >= 15 is 0 Å². The number of nitro groups is 1. The van der Waals surface area contributed by atoms with Crippen LogP contribution in [0.5, 0.6) is 5.88 Å². The Morgan fingerprint density at radius 2 is 2.10 bits per heavy atom. The summed E-state index contributed by atoms with van der Waals surface area (Å²) >= 11 is 0. The first-order valence-corrected chi connectivity index (χ1v) is 5.00. The minimum absolute atomic E-state index is 0.170. The molecule has 0 aliphatic carbocycles. The Bertz CT molecular complexity index is 594. The van der Waals surface area contributed by atoms with E-state index < -0.39 is 39.9 Å². The van der Waals surface area contributed by atoms with Crippen molar-refractivity contribution in [3.63, 3.8) is 0 Å². The maximum absolute atomic E-state index is 12.0. The van der Waals surface area contributed by atoms with Crippen molar-refractivity contribution in [2.75, 3.05) is 6.61 Å². The van der Waals surface area contributed by atoms with Gasteiger partial charge in [0.1, 0.15) is 0 Å². The molecule has 20 heavy (non-hydrogen) atoms. The highest BCUT2D eigenvalue weighted by molar-refractivity contribution is 5.93. The highest BCUT2D eigenvalue weighted by atomic mass is 19.4. The van der Waals surface area contributed by atoms with Gasteiger partial charge >= 0.3 is 18.1 Å². The molecule has 0 spiro atoms. The Labute approximate surface area is 108 Å². The molecule has 1 N–H and O–H groups in total. The van der Waals surface area contributed by atoms with E-state index in [0.717, 1.165) is 0 Å². The molecule has 1 aromatic heterocycles. The number of nitrogens with zero attached hydrogens (tertiary/aromatic N) is 1. The van der Waals surface area contributed by atoms with Gasteiger partial charge < -0.3 is 19.6 Å². The van der Waals surface area contributed by atoms with Crippen molar-refractivity contribution < 1.29 is 32.4 Å². The minimum Gasteiger partial charge on any atom is -0.462 e. The van der Waals surface area contributed by atoms with Crippen molar-refractivity contribution in [3.8, 4) is 5.88 Å². The molecule has 0 unspecified atom stereocenters. The van der Waals surface area contributed by atoms with Gasteiger partial charge in [-0.1, -0.05) is 0 Å². The summed E-state index contributed by atoms with van der Waals surface area (Å²) < 4.78 is 43.7. The zero-order valence-corrected chi connectivity index (χ0v) is 9.82. The molecule has 0 amide bonds. The Balaban J connectivity index is 3.37. The van der Waals surface area contributed by atoms with Crippen molar-refractivity contribution in [1.82, 2.24) is 4.98 Å². The first-order valence-electron chi connectivity index (χ1n) is 5.00. The Kier molecular flexibility index (Phi) is 4.32. The van der Waals surface area contributed by atoms with Crippen LogP contribution in [0.25, 0.3) is 0 Å². The van der Waals surface area contributed by atoms with E-state index in [4.69, 9.17) is 0 Å². The smallest absolute Gasteiger partial charge is 0.462 e. The van der Waals surface area contributed by atoms with Crippen LogP contribution in [0.3, 0.4) is 0 Å². The SMILES string of the molecule is CCOC(=O)c1c([N+](=O)[O-])[nH]c(OC(F)(F)F)cc1=O. The maximum Gasteiger partial charge on any atom is 0.575 e. The molecule has 110 valence electrons. The summed E-state index contributed by atoms with van der Waals surface area (Å²) in [6.07, 6.45) is -5.15. The lowest BCUT2D eigenvalue weighted by Crippen LogP contribution is -2.24. The molecule has 0 atom stereocenters. The van der Waals surface area contributed by atoms with Crippen LogP contribution >= 0.6 is 0 Å². The number of pyridine rings is 1.